The van der Waals surface area contributed by atoms with Gasteiger partial charge in [0.2, 0.25) is 0 Å². The molecule has 5 nitrogen and oxygen atoms in total. The van der Waals surface area contributed by atoms with E-state index in [1.165, 1.54) is 0 Å². The average Bonchev–Trinajstić information content (AvgIpc) is 3.26. The van der Waals surface area contributed by atoms with Crippen LogP contribution in [0.4, 0.5) is 0 Å². The van der Waals surface area contributed by atoms with Crippen LogP contribution in [0.3, 0.4) is 0 Å². The summed E-state index contributed by atoms with van der Waals surface area (Å²) in [5.74, 6) is 0.751. The highest BCUT2D eigenvalue weighted by Crippen LogP contribution is 2.24. The molecule has 0 fully saturated rings. The summed E-state index contributed by atoms with van der Waals surface area (Å²) in [5.41, 5.74) is 3.98. The molecule has 0 radical (unpaired) electrons. The highest BCUT2D eigenvalue weighted by molar-refractivity contribution is 6.08. The van der Waals surface area contributed by atoms with Gasteiger partial charge in [-0.05, 0) is 49.1 Å². The van der Waals surface area contributed by atoms with Crippen molar-refractivity contribution in [1.29, 1.82) is 0 Å². The molecule has 5 heteroatoms. The number of ketones is 1. The van der Waals surface area contributed by atoms with Crippen molar-refractivity contribution in [2.45, 2.75) is 45.8 Å². The van der Waals surface area contributed by atoms with E-state index in [0.29, 0.717) is 45.4 Å². The van der Waals surface area contributed by atoms with Crippen molar-refractivity contribution in [2.24, 2.45) is 0 Å². The van der Waals surface area contributed by atoms with Gasteiger partial charge in [-0.2, -0.15) is 0 Å². The summed E-state index contributed by atoms with van der Waals surface area (Å²) in [4.78, 5) is 24.8. The fraction of sp³-hybridized carbons (Fsp3) is 0.267. The third-order valence-electron chi connectivity index (χ3n) is 5.99. The molecule has 0 aliphatic rings. The molecule has 0 amide bonds. The van der Waals surface area contributed by atoms with E-state index in [-0.39, 0.29) is 11.8 Å². The van der Waals surface area contributed by atoms with Crippen LogP contribution in [0.25, 0.3) is 10.9 Å². The minimum Gasteiger partial charge on any atom is -0.489 e. The number of carbonyl (C=O) groups is 2. The highest BCUT2D eigenvalue weighted by Gasteiger charge is 2.15. The molecular formula is C30H31NO4. The first kappa shape index (κ1) is 24.3. The molecule has 0 N–H and O–H groups in total. The monoisotopic (exact) mass is 469 g/mol. The Bertz CT molecular complexity index is 1260. The molecule has 0 aliphatic carbocycles. The Morgan fingerprint density at radius 3 is 2.34 bits per heavy atom. The summed E-state index contributed by atoms with van der Waals surface area (Å²) in [6, 6.07) is 26.0. The van der Waals surface area contributed by atoms with E-state index in [1.807, 2.05) is 92.0 Å². The van der Waals surface area contributed by atoms with Gasteiger partial charge >= 0.3 is 5.97 Å². The fourth-order valence-electron chi connectivity index (χ4n) is 4.17. The van der Waals surface area contributed by atoms with Crippen molar-refractivity contribution in [1.82, 2.24) is 4.57 Å². The first-order chi connectivity index (χ1) is 17.1. The summed E-state index contributed by atoms with van der Waals surface area (Å²) in [5, 5.41) is 0.957. The maximum Gasteiger partial charge on any atom is 0.305 e. The van der Waals surface area contributed by atoms with Crippen molar-refractivity contribution < 1.29 is 19.1 Å². The van der Waals surface area contributed by atoms with Crippen molar-refractivity contribution in [3.8, 4) is 5.75 Å². The molecule has 1 aromatic heterocycles. The number of hydrogen-bond donors (Lipinski definition) is 0. The second-order valence-corrected chi connectivity index (χ2v) is 8.50. The molecule has 3 aromatic carbocycles. The Morgan fingerprint density at radius 2 is 1.57 bits per heavy atom. The third kappa shape index (κ3) is 6.60. The quantitative estimate of drug-likeness (QED) is 0.178. The molecule has 4 rings (SSSR count). The summed E-state index contributed by atoms with van der Waals surface area (Å²) in [6.07, 6.45) is 4.07. The molecular weight excluding hydrogens is 438 g/mol. The summed E-state index contributed by atoms with van der Waals surface area (Å²) in [7, 11) is 0. The van der Waals surface area contributed by atoms with Crippen molar-refractivity contribution in [3.05, 3.63) is 102 Å². The molecule has 180 valence electrons. The number of benzene rings is 3. The molecule has 0 saturated carbocycles. The van der Waals surface area contributed by atoms with E-state index >= 15 is 0 Å². The van der Waals surface area contributed by atoms with Crippen LogP contribution in [0, 0.1) is 0 Å². The van der Waals surface area contributed by atoms with Crippen LogP contribution in [-0.4, -0.2) is 22.9 Å². The predicted octanol–water partition coefficient (Wildman–Crippen LogP) is 6.38. The van der Waals surface area contributed by atoms with Crippen LogP contribution in [0.1, 0.15) is 47.7 Å². The largest absolute Gasteiger partial charge is 0.489 e. The van der Waals surface area contributed by atoms with Gasteiger partial charge < -0.3 is 14.0 Å². The number of hydrogen-bond acceptors (Lipinski definition) is 4. The first-order valence-corrected chi connectivity index (χ1v) is 12.2. The summed E-state index contributed by atoms with van der Waals surface area (Å²) >= 11 is 0. The maximum absolute atomic E-state index is 13.1. The number of aryl methyl sites for hydroxylation is 2. The number of aromatic nitrogens is 1. The number of Topliss-reactive ketones (excluding diaryl/α,β-unsaturated/α-hetero) is 1. The maximum atomic E-state index is 13.1. The topological polar surface area (TPSA) is 57.5 Å². The summed E-state index contributed by atoms with van der Waals surface area (Å²) in [6.45, 7) is 3.40. The molecule has 0 saturated heterocycles. The van der Waals surface area contributed by atoms with Crippen LogP contribution >= 0.6 is 0 Å². The lowest BCUT2D eigenvalue weighted by Gasteiger charge is -2.07. The van der Waals surface area contributed by atoms with Crippen molar-refractivity contribution in [3.63, 3.8) is 0 Å². The van der Waals surface area contributed by atoms with Crippen LogP contribution in [-0.2, 0) is 29.1 Å². The van der Waals surface area contributed by atoms with Gasteiger partial charge in [0.1, 0.15) is 12.4 Å². The lowest BCUT2D eigenvalue weighted by atomic mass is 10.0. The van der Waals surface area contributed by atoms with Crippen molar-refractivity contribution in [2.75, 3.05) is 6.61 Å². The van der Waals surface area contributed by atoms with Crippen LogP contribution in [0.15, 0.2) is 85.1 Å². The Labute approximate surface area is 206 Å². The van der Waals surface area contributed by atoms with Gasteiger partial charge in [0.15, 0.2) is 5.78 Å². The highest BCUT2D eigenvalue weighted by atomic mass is 16.5. The molecule has 4 aromatic rings. The number of para-hydroxylation sites is 1. The number of carbonyl (C=O) groups excluding carboxylic acids is 2. The molecule has 0 unspecified atom stereocenters. The predicted molar refractivity (Wildman–Crippen MR) is 138 cm³/mol. The molecule has 0 atom stereocenters. The second kappa shape index (κ2) is 12.0. The molecule has 1 heterocycles. The first-order valence-electron chi connectivity index (χ1n) is 12.2. The zero-order chi connectivity index (χ0) is 24.5. The number of esters is 1. The fourth-order valence-corrected chi connectivity index (χ4v) is 4.17. The van der Waals surface area contributed by atoms with Gasteiger partial charge in [-0.25, -0.2) is 0 Å². The number of fused-ring (bicyclic) bond motifs is 1. The smallest absolute Gasteiger partial charge is 0.305 e. The zero-order valence-electron chi connectivity index (χ0n) is 20.1. The third-order valence-corrected chi connectivity index (χ3v) is 5.99. The molecule has 0 spiro atoms. The number of rotatable bonds is 12. The summed E-state index contributed by atoms with van der Waals surface area (Å²) < 4.78 is 12.9. The minimum absolute atomic E-state index is 0.120. The lowest BCUT2D eigenvalue weighted by Crippen LogP contribution is -2.06. The van der Waals surface area contributed by atoms with Gasteiger partial charge in [-0.1, -0.05) is 60.7 Å². The van der Waals surface area contributed by atoms with Crippen LogP contribution in [0.2, 0.25) is 0 Å². The molecule has 0 aliphatic heterocycles. The van der Waals surface area contributed by atoms with Crippen molar-refractivity contribution >= 4 is 22.7 Å². The Kier molecular flexibility index (Phi) is 8.34. The Morgan fingerprint density at radius 1 is 0.829 bits per heavy atom. The van der Waals surface area contributed by atoms with Crippen LogP contribution < -0.4 is 4.74 Å². The normalized spacial score (nSPS) is 10.9. The Balaban J connectivity index is 1.35. The number of nitrogens with zero attached hydrogens (tertiary/aromatic N) is 1. The SMILES string of the molecule is CCOC(=O)CCCn1cc(C(=O)CCc2ccc(OCc3ccccc3)cc2)c2ccccc21. The number of ether oxygens (including phenoxy) is 2. The van der Waals surface area contributed by atoms with E-state index in [1.54, 1.807) is 0 Å². The van der Waals surface area contributed by atoms with E-state index in [4.69, 9.17) is 9.47 Å². The van der Waals surface area contributed by atoms with E-state index < -0.39 is 0 Å². The van der Waals surface area contributed by atoms with E-state index in [0.717, 1.165) is 33.3 Å². The zero-order valence-corrected chi connectivity index (χ0v) is 20.1. The van der Waals surface area contributed by atoms with Gasteiger partial charge in [0, 0.05) is 42.0 Å². The lowest BCUT2D eigenvalue weighted by molar-refractivity contribution is -0.143. The molecule has 35 heavy (non-hydrogen) atoms. The van der Waals surface area contributed by atoms with E-state index in [2.05, 4.69) is 4.57 Å². The average molecular weight is 470 g/mol. The second-order valence-electron chi connectivity index (χ2n) is 8.50. The van der Waals surface area contributed by atoms with Gasteiger partial charge in [-0.3, -0.25) is 9.59 Å². The van der Waals surface area contributed by atoms with Gasteiger partial charge in [-0.15, -0.1) is 0 Å². The van der Waals surface area contributed by atoms with E-state index in [9.17, 15) is 9.59 Å². The van der Waals surface area contributed by atoms with Gasteiger partial charge in [0.25, 0.3) is 0 Å². The molecule has 0 bridgehead atoms. The van der Waals surface area contributed by atoms with Crippen LogP contribution in [0.5, 0.6) is 5.75 Å². The Hall–Kier alpha value is -3.86. The minimum atomic E-state index is -0.184. The standard InChI is InChI=1S/C30H31NO4/c1-2-34-30(33)13-8-20-31-21-27(26-11-6-7-12-28(26)31)29(32)19-16-23-14-17-25(18-15-23)35-22-24-9-4-3-5-10-24/h3-7,9-12,14-15,17-18,21H,2,8,13,16,19-20,22H2,1H3. The van der Waals surface area contributed by atoms with Gasteiger partial charge in [0.05, 0.1) is 6.61 Å².